The fourth-order valence-corrected chi connectivity index (χ4v) is 2.65. The summed E-state index contributed by atoms with van der Waals surface area (Å²) in [7, 11) is 0. The first-order valence-electron chi connectivity index (χ1n) is 6.88. The number of hydrogen-bond acceptors (Lipinski definition) is 1. The lowest BCUT2D eigenvalue weighted by Crippen LogP contribution is -2.36. The average molecular weight is 287 g/mol. The Kier molecular flexibility index (Phi) is 3.45. The van der Waals surface area contributed by atoms with Gasteiger partial charge in [0, 0.05) is 13.1 Å². The van der Waals surface area contributed by atoms with Crippen molar-refractivity contribution in [3.63, 3.8) is 0 Å². The smallest absolute Gasteiger partial charge is 0.257 e. The molecule has 1 heterocycles. The minimum Gasteiger partial charge on any atom is -0.334 e. The Morgan fingerprint density at radius 3 is 2.52 bits per heavy atom. The van der Waals surface area contributed by atoms with Crippen LogP contribution in [0.4, 0.5) is 8.78 Å². The first-order chi connectivity index (χ1) is 10.1. The van der Waals surface area contributed by atoms with Gasteiger partial charge in [0.25, 0.3) is 5.91 Å². The van der Waals surface area contributed by atoms with Crippen LogP contribution in [0.2, 0.25) is 0 Å². The van der Waals surface area contributed by atoms with Crippen LogP contribution in [0.15, 0.2) is 36.4 Å². The normalized spacial score (nSPS) is 14.0. The monoisotopic (exact) mass is 287 g/mol. The molecule has 0 saturated carbocycles. The number of amides is 1. The second-order valence-corrected chi connectivity index (χ2v) is 5.30. The molecule has 0 unspecified atom stereocenters. The van der Waals surface area contributed by atoms with Crippen molar-refractivity contribution in [1.29, 1.82) is 0 Å². The summed E-state index contributed by atoms with van der Waals surface area (Å²) in [5.74, 6) is -2.46. The number of rotatable bonds is 1. The summed E-state index contributed by atoms with van der Waals surface area (Å²) in [6.45, 7) is 2.43. The summed E-state index contributed by atoms with van der Waals surface area (Å²) in [5, 5.41) is 0. The van der Waals surface area contributed by atoms with Crippen LogP contribution in [0.5, 0.6) is 0 Å². The largest absolute Gasteiger partial charge is 0.334 e. The van der Waals surface area contributed by atoms with Crippen LogP contribution >= 0.6 is 0 Å². The van der Waals surface area contributed by atoms with Gasteiger partial charge in [0.05, 0.1) is 5.56 Å². The maximum absolute atomic E-state index is 13.9. The molecule has 2 nitrogen and oxygen atoms in total. The van der Waals surface area contributed by atoms with Crippen LogP contribution in [0, 0.1) is 18.6 Å². The van der Waals surface area contributed by atoms with Crippen molar-refractivity contribution >= 4 is 5.91 Å². The molecule has 0 N–H and O–H groups in total. The topological polar surface area (TPSA) is 20.3 Å². The highest BCUT2D eigenvalue weighted by atomic mass is 19.2. The van der Waals surface area contributed by atoms with E-state index in [0.717, 1.165) is 12.0 Å². The van der Waals surface area contributed by atoms with E-state index in [9.17, 15) is 13.6 Å². The summed E-state index contributed by atoms with van der Waals surface area (Å²) >= 11 is 0. The van der Waals surface area contributed by atoms with Gasteiger partial charge >= 0.3 is 0 Å². The summed E-state index contributed by atoms with van der Waals surface area (Å²) < 4.78 is 27.6. The molecule has 21 heavy (non-hydrogen) atoms. The van der Waals surface area contributed by atoms with Gasteiger partial charge in [0.2, 0.25) is 0 Å². The molecule has 0 bridgehead atoms. The predicted molar refractivity (Wildman–Crippen MR) is 76.0 cm³/mol. The van der Waals surface area contributed by atoms with Crippen molar-refractivity contribution in [3.8, 4) is 0 Å². The lowest BCUT2D eigenvalue weighted by molar-refractivity contribution is 0.0729. The first-order valence-corrected chi connectivity index (χ1v) is 6.88. The molecule has 1 aliphatic rings. The molecule has 0 spiro atoms. The van der Waals surface area contributed by atoms with Crippen LogP contribution in [0.3, 0.4) is 0 Å². The summed E-state index contributed by atoms with van der Waals surface area (Å²) in [6.07, 6.45) is 0.734. The number of halogens is 2. The van der Waals surface area contributed by atoms with Gasteiger partial charge in [0.1, 0.15) is 0 Å². The van der Waals surface area contributed by atoms with E-state index in [1.165, 1.54) is 24.6 Å². The van der Waals surface area contributed by atoms with E-state index in [2.05, 4.69) is 0 Å². The van der Waals surface area contributed by atoms with Gasteiger partial charge in [-0.3, -0.25) is 4.79 Å². The fourth-order valence-electron chi connectivity index (χ4n) is 2.65. The zero-order chi connectivity index (χ0) is 15.0. The molecule has 4 heteroatoms. The third kappa shape index (κ3) is 2.42. The third-order valence-electron chi connectivity index (χ3n) is 3.92. The Bertz CT molecular complexity index is 712. The Morgan fingerprint density at radius 1 is 1.05 bits per heavy atom. The van der Waals surface area contributed by atoms with Crippen LogP contribution in [0.25, 0.3) is 0 Å². The van der Waals surface area contributed by atoms with E-state index in [1.54, 1.807) is 4.90 Å². The number of hydrogen-bond donors (Lipinski definition) is 0. The first kappa shape index (κ1) is 13.7. The third-order valence-corrected chi connectivity index (χ3v) is 3.92. The van der Waals surface area contributed by atoms with Crippen molar-refractivity contribution in [3.05, 3.63) is 70.3 Å². The van der Waals surface area contributed by atoms with Crippen molar-refractivity contribution < 1.29 is 13.6 Å². The quantitative estimate of drug-likeness (QED) is 0.786. The van der Waals surface area contributed by atoms with Crippen LogP contribution in [-0.2, 0) is 13.0 Å². The average Bonchev–Trinajstić information content (AvgIpc) is 2.52. The van der Waals surface area contributed by atoms with E-state index < -0.39 is 17.5 Å². The second-order valence-electron chi connectivity index (χ2n) is 5.30. The lowest BCUT2D eigenvalue weighted by Gasteiger charge is -2.29. The SMILES string of the molecule is Cc1ccc(C(=O)N2CCc3ccccc3C2)c(F)c1F. The molecule has 0 radical (unpaired) electrons. The molecule has 0 atom stereocenters. The molecule has 0 saturated heterocycles. The van der Waals surface area contributed by atoms with Gasteiger partial charge in [-0.05, 0) is 36.1 Å². The van der Waals surface area contributed by atoms with E-state index in [0.29, 0.717) is 13.1 Å². The lowest BCUT2D eigenvalue weighted by atomic mass is 9.99. The van der Waals surface area contributed by atoms with Crippen LogP contribution in [0.1, 0.15) is 27.0 Å². The maximum atomic E-state index is 13.9. The highest BCUT2D eigenvalue weighted by Gasteiger charge is 2.25. The number of carbonyl (C=O) groups is 1. The van der Waals surface area contributed by atoms with Crippen molar-refractivity contribution in [2.45, 2.75) is 19.9 Å². The van der Waals surface area contributed by atoms with E-state index in [4.69, 9.17) is 0 Å². The Balaban J connectivity index is 1.89. The molecule has 0 aromatic heterocycles. The number of fused-ring (bicyclic) bond motifs is 1. The fraction of sp³-hybridized carbons (Fsp3) is 0.235. The molecular weight excluding hydrogens is 272 g/mol. The summed E-state index contributed by atoms with van der Waals surface area (Å²) in [6, 6.07) is 10.7. The highest BCUT2D eigenvalue weighted by Crippen LogP contribution is 2.22. The number of nitrogens with zero attached hydrogens (tertiary/aromatic N) is 1. The molecule has 1 aliphatic heterocycles. The summed E-state index contributed by atoms with van der Waals surface area (Å²) in [5.41, 5.74) is 2.27. The van der Waals surface area contributed by atoms with Gasteiger partial charge in [-0.1, -0.05) is 30.3 Å². The van der Waals surface area contributed by atoms with Gasteiger partial charge in [0.15, 0.2) is 11.6 Å². The molecular formula is C17H15F2NO. The highest BCUT2D eigenvalue weighted by molar-refractivity contribution is 5.94. The molecule has 3 rings (SSSR count). The molecule has 0 aliphatic carbocycles. The van der Waals surface area contributed by atoms with Gasteiger partial charge in [-0.2, -0.15) is 0 Å². The zero-order valence-corrected chi connectivity index (χ0v) is 11.7. The van der Waals surface area contributed by atoms with E-state index in [-0.39, 0.29) is 11.1 Å². The van der Waals surface area contributed by atoms with Crippen LogP contribution < -0.4 is 0 Å². The number of benzene rings is 2. The van der Waals surface area contributed by atoms with E-state index >= 15 is 0 Å². The van der Waals surface area contributed by atoms with Crippen LogP contribution in [-0.4, -0.2) is 17.4 Å². The van der Waals surface area contributed by atoms with Crippen molar-refractivity contribution in [2.75, 3.05) is 6.54 Å². The molecule has 2 aromatic rings. The number of aryl methyl sites for hydroxylation is 1. The van der Waals surface area contributed by atoms with Crippen molar-refractivity contribution in [2.24, 2.45) is 0 Å². The predicted octanol–water partition coefficient (Wildman–Crippen LogP) is 3.47. The molecule has 2 aromatic carbocycles. The van der Waals surface area contributed by atoms with Gasteiger partial charge < -0.3 is 4.90 Å². The Morgan fingerprint density at radius 2 is 1.76 bits per heavy atom. The van der Waals surface area contributed by atoms with Gasteiger partial charge in [-0.15, -0.1) is 0 Å². The van der Waals surface area contributed by atoms with E-state index in [1.807, 2.05) is 24.3 Å². The second kappa shape index (κ2) is 5.28. The minimum atomic E-state index is -1.06. The Labute approximate surface area is 122 Å². The Hall–Kier alpha value is -2.23. The maximum Gasteiger partial charge on any atom is 0.257 e. The molecule has 108 valence electrons. The number of carbonyl (C=O) groups excluding carboxylic acids is 1. The van der Waals surface area contributed by atoms with Gasteiger partial charge in [-0.25, -0.2) is 8.78 Å². The standard InChI is InChI=1S/C17H15F2NO/c1-11-6-7-14(16(19)15(11)18)17(21)20-9-8-12-4-2-3-5-13(12)10-20/h2-7H,8-10H2,1H3. The minimum absolute atomic E-state index is 0.197. The summed E-state index contributed by atoms with van der Waals surface area (Å²) in [4.78, 5) is 14.0. The molecule has 0 fully saturated rings. The zero-order valence-electron chi connectivity index (χ0n) is 11.7. The molecule has 1 amide bonds. The van der Waals surface area contributed by atoms with Crippen molar-refractivity contribution in [1.82, 2.24) is 4.90 Å².